The summed E-state index contributed by atoms with van der Waals surface area (Å²) in [5.74, 6) is 0.658. The minimum atomic E-state index is 0.0266. The maximum Gasteiger partial charge on any atom is 0.170 e. The fourth-order valence-electron chi connectivity index (χ4n) is 4.30. The van der Waals surface area contributed by atoms with E-state index in [0.29, 0.717) is 11.3 Å². The number of fused-ring (bicyclic) bond motifs is 1. The number of rotatable bonds is 3. The first-order chi connectivity index (χ1) is 10.6. The number of ketones is 1. The Bertz CT molecular complexity index is 639. The van der Waals surface area contributed by atoms with Gasteiger partial charge in [0, 0.05) is 11.8 Å². The number of aliphatic hydroxyl groups is 1. The molecule has 1 aromatic rings. The molecule has 0 radical (unpaired) electrons. The standard InChI is InChI=1S/C20H26O2/c1-4-13-10-12(3)17(14(5-2)11-13)18-19(21)15-8-6-7-9-16(15)20(18)22/h10-11,15-16,21H,4-9H2,1-3H3. The van der Waals surface area contributed by atoms with Crippen LogP contribution >= 0.6 is 0 Å². The molecule has 2 aliphatic carbocycles. The maximum atomic E-state index is 12.9. The summed E-state index contributed by atoms with van der Waals surface area (Å²) in [6.07, 6.45) is 6.02. The minimum absolute atomic E-state index is 0.0266. The highest BCUT2D eigenvalue weighted by Crippen LogP contribution is 2.47. The third-order valence-electron chi connectivity index (χ3n) is 5.47. The molecule has 22 heavy (non-hydrogen) atoms. The molecule has 1 N–H and O–H groups in total. The minimum Gasteiger partial charge on any atom is -0.511 e. The molecule has 0 heterocycles. The first-order valence-corrected chi connectivity index (χ1v) is 8.68. The fraction of sp³-hybridized carbons (Fsp3) is 0.550. The largest absolute Gasteiger partial charge is 0.511 e. The van der Waals surface area contributed by atoms with Crippen molar-refractivity contribution in [3.8, 4) is 0 Å². The molecule has 0 bridgehead atoms. The quantitative estimate of drug-likeness (QED) is 0.872. The van der Waals surface area contributed by atoms with E-state index in [2.05, 4.69) is 32.9 Å². The van der Waals surface area contributed by atoms with Gasteiger partial charge in [0.05, 0.1) is 5.57 Å². The van der Waals surface area contributed by atoms with Crippen LogP contribution in [0.5, 0.6) is 0 Å². The van der Waals surface area contributed by atoms with Gasteiger partial charge in [-0.1, -0.05) is 38.8 Å². The molecule has 2 atom stereocenters. The monoisotopic (exact) mass is 298 g/mol. The number of hydrogen-bond acceptors (Lipinski definition) is 2. The van der Waals surface area contributed by atoms with E-state index < -0.39 is 0 Å². The van der Waals surface area contributed by atoms with E-state index in [-0.39, 0.29) is 17.6 Å². The predicted octanol–water partition coefficient (Wildman–Crippen LogP) is 4.78. The molecule has 1 fully saturated rings. The van der Waals surface area contributed by atoms with E-state index in [1.807, 2.05) is 0 Å². The van der Waals surface area contributed by atoms with Crippen LogP contribution in [-0.2, 0) is 17.6 Å². The summed E-state index contributed by atoms with van der Waals surface area (Å²) in [4.78, 5) is 12.9. The van der Waals surface area contributed by atoms with Gasteiger partial charge in [0.1, 0.15) is 5.76 Å². The zero-order valence-electron chi connectivity index (χ0n) is 13.9. The Morgan fingerprint density at radius 2 is 1.77 bits per heavy atom. The van der Waals surface area contributed by atoms with Crippen molar-refractivity contribution in [2.24, 2.45) is 11.8 Å². The zero-order chi connectivity index (χ0) is 15.9. The van der Waals surface area contributed by atoms with Gasteiger partial charge in [0.2, 0.25) is 0 Å². The molecule has 118 valence electrons. The van der Waals surface area contributed by atoms with E-state index in [0.717, 1.165) is 49.7 Å². The van der Waals surface area contributed by atoms with Gasteiger partial charge in [0.15, 0.2) is 5.78 Å². The molecule has 2 nitrogen and oxygen atoms in total. The van der Waals surface area contributed by atoms with Gasteiger partial charge in [-0.3, -0.25) is 4.79 Å². The van der Waals surface area contributed by atoms with Crippen molar-refractivity contribution in [3.63, 3.8) is 0 Å². The number of Topliss-reactive ketones (excluding diaryl/α,β-unsaturated/α-hetero) is 1. The van der Waals surface area contributed by atoms with Crippen molar-refractivity contribution in [2.45, 2.75) is 59.3 Å². The van der Waals surface area contributed by atoms with E-state index in [1.165, 1.54) is 11.1 Å². The second-order valence-corrected chi connectivity index (χ2v) is 6.78. The molecule has 0 saturated heterocycles. The van der Waals surface area contributed by atoms with Crippen molar-refractivity contribution in [1.29, 1.82) is 0 Å². The first-order valence-electron chi connectivity index (χ1n) is 8.68. The lowest BCUT2D eigenvalue weighted by Gasteiger charge is -2.23. The summed E-state index contributed by atoms with van der Waals surface area (Å²) in [6, 6.07) is 4.38. The highest BCUT2D eigenvalue weighted by Gasteiger charge is 2.44. The molecule has 2 heteroatoms. The van der Waals surface area contributed by atoms with Crippen molar-refractivity contribution < 1.29 is 9.90 Å². The average Bonchev–Trinajstić information content (AvgIpc) is 2.79. The normalized spacial score (nSPS) is 24.8. The van der Waals surface area contributed by atoms with E-state index in [1.54, 1.807) is 0 Å². The molecule has 2 unspecified atom stereocenters. The number of aryl methyl sites for hydroxylation is 3. The van der Waals surface area contributed by atoms with Gasteiger partial charge in [-0.25, -0.2) is 0 Å². The number of allylic oxidation sites excluding steroid dienone is 2. The zero-order valence-corrected chi connectivity index (χ0v) is 13.9. The van der Waals surface area contributed by atoms with Crippen LogP contribution in [0.1, 0.15) is 61.8 Å². The van der Waals surface area contributed by atoms with Crippen LogP contribution in [-0.4, -0.2) is 10.9 Å². The molecule has 0 spiro atoms. The average molecular weight is 298 g/mol. The van der Waals surface area contributed by atoms with Crippen LogP contribution in [0, 0.1) is 18.8 Å². The number of aliphatic hydroxyl groups excluding tert-OH is 1. The Labute approximate surface area is 133 Å². The van der Waals surface area contributed by atoms with Gasteiger partial charge in [0.25, 0.3) is 0 Å². The van der Waals surface area contributed by atoms with Crippen LogP contribution in [0.25, 0.3) is 5.57 Å². The molecule has 0 aromatic heterocycles. The lowest BCUT2D eigenvalue weighted by molar-refractivity contribution is -0.118. The smallest absolute Gasteiger partial charge is 0.170 e. The van der Waals surface area contributed by atoms with Crippen molar-refractivity contribution >= 4 is 11.4 Å². The SMILES string of the molecule is CCc1cc(C)c(C2=C(O)C3CCCCC3C2=O)c(CC)c1. The van der Waals surface area contributed by atoms with Gasteiger partial charge >= 0.3 is 0 Å². The third-order valence-corrected chi connectivity index (χ3v) is 5.47. The second kappa shape index (κ2) is 5.91. The highest BCUT2D eigenvalue weighted by atomic mass is 16.3. The number of hydrogen-bond donors (Lipinski definition) is 1. The van der Waals surface area contributed by atoms with E-state index in [4.69, 9.17) is 0 Å². The summed E-state index contributed by atoms with van der Waals surface area (Å²) in [7, 11) is 0. The van der Waals surface area contributed by atoms with Gasteiger partial charge in [-0.2, -0.15) is 0 Å². The number of benzene rings is 1. The Balaban J connectivity index is 2.14. The Morgan fingerprint density at radius 1 is 1.09 bits per heavy atom. The summed E-state index contributed by atoms with van der Waals surface area (Å²) < 4.78 is 0. The van der Waals surface area contributed by atoms with Crippen LogP contribution in [0.4, 0.5) is 0 Å². The molecule has 1 aromatic carbocycles. The molecule has 0 aliphatic heterocycles. The summed E-state index contributed by atoms with van der Waals surface area (Å²) in [6.45, 7) is 6.35. The van der Waals surface area contributed by atoms with Crippen LogP contribution in [0.2, 0.25) is 0 Å². The Morgan fingerprint density at radius 3 is 2.36 bits per heavy atom. The summed E-state index contributed by atoms with van der Waals surface area (Å²) in [5.41, 5.74) is 5.28. The predicted molar refractivity (Wildman–Crippen MR) is 89.9 cm³/mol. The number of carbonyl (C=O) groups is 1. The summed E-state index contributed by atoms with van der Waals surface area (Å²) in [5, 5.41) is 10.7. The lowest BCUT2D eigenvalue weighted by atomic mass is 9.80. The van der Waals surface area contributed by atoms with Crippen LogP contribution < -0.4 is 0 Å². The molecular formula is C20H26O2. The molecule has 1 saturated carbocycles. The first kappa shape index (κ1) is 15.3. The highest BCUT2D eigenvalue weighted by molar-refractivity contribution is 6.25. The fourth-order valence-corrected chi connectivity index (χ4v) is 4.30. The molecule has 3 rings (SSSR count). The second-order valence-electron chi connectivity index (χ2n) is 6.78. The van der Waals surface area contributed by atoms with Crippen molar-refractivity contribution in [3.05, 3.63) is 40.1 Å². The summed E-state index contributed by atoms with van der Waals surface area (Å²) >= 11 is 0. The lowest BCUT2D eigenvalue weighted by Crippen LogP contribution is -2.21. The van der Waals surface area contributed by atoms with Crippen molar-refractivity contribution in [1.82, 2.24) is 0 Å². The van der Waals surface area contributed by atoms with Gasteiger partial charge in [-0.05, 0) is 54.9 Å². The van der Waals surface area contributed by atoms with E-state index >= 15 is 0 Å². The molecule has 2 aliphatic rings. The topological polar surface area (TPSA) is 37.3 Å². The maximum absolute atomic E-state index is 12.9. The van der Waals surface area contributed by atoms with Crippen LogP contribution in [0.3, 0.4) is 0 Å². The molecule has 0 amide bonds. The van der Waals surface area contributed by atoms with Crippen molar-refractivity contribution in [2.75, 3.05) is 0 Å². The number of carbonyl (C=O) groups excluding carboxylic acids is 1. The molecular weight excluding hydrogens is 272 g/mol. The van der Waals surface area contributed by atoms with Gasteiger partial charge in [-0.15, -0.1) is 0 Å². The Kier molecular flexibility index (Phi) is 4.12. The Hall–Kier alpha value is -1.57. The van der Waals surface area contributed by atoms with E-state index in [9.17, 15) is 9.90 Å². The van der Waals surface area contributed by atoms with Crippen LogP contribution in [0.15, 0.2) is 17.9 Å². The third kappa shape index (κ3) is 2.29. The van der Waals surface area contributed by atoms with Gasteiger partial charge < -0.3 is 5.11 Å².